The Kier molecular flexibility index (Phi) is 5.09. The number of carbonyl (C=O) groups excluding carboxylic acids is 2. The van der Waals surface area contributed by atoms with Gasteiger partial charge in [0.1, 0.15) is 6.04 Å². The molecule has 1 aromatic carbocycles. The molecule has 0 saturated heterocycles. The molecule has 0 spiro atoms. The zero-order valence-electron chi connectivity index (χ0n) is 11.4. The van der Waals surface area contributed by atoms with Gasteiger partial charge < -0.3 is 10.6 Å². The Bertz CT molecular complexity index is 613. The van der Waals surface area contributed by atoms with Crippen LogP contribution in [0.5, 0.6) is 0 Å². The minimum atomic E-state index is -3.37. The molecule has 110 valence electrons. The molecule has 3 N–H and O–H groups in total. The SMILES string of the molecule is CC(=O)N[C@H](C)C(=O)Nc1cccc(NS(C)(=O)=O)c1. The first kappa shape index (κ1) is 16.0. The third-order valence-electron chi connectivity index (χ3n) is 2.25. The Morgan fingerprint density at radius 1 is 1.20 bits per heavy atom. The van der Waals surface area contributed by atoms with Crippen molar-refractivity contribution in [3.63, 3.8) is 0 Å². The van der Waals surface area contributed by atoms with Gasteiger partial charge in [0.25, 0.3) is 0 Å². The molecule has 7 nitrogen and oxygen atoms in total. The van der Waals surface area contributed by atoms with E-state index in [9.17, 15) is 18.0 Å². The number of hydrogen-bond acceptors (Lipinski definition) is 4. The van der Waals surface area contributed by atoms with E-state index in [0.717, 1.165) is 6.26 Å². The van der Waals surface area contributed by atoms with E-state index in [0.29, 0.717) is 11.4 Å². The number of hydrogen-bond donors (Lipinski definition) is 3. The maximum atomic E-state index is 11.8. The van der Waals surface area contributed by atoms with Crippen molar-refractivity contribution in [1.82, 2.24) is 5.32 Å². The van der Waals surface area contributed by atoms with Crippen molar-refractivity contribution < 1.29 is 18.0 Å². The number of anilines is 2. The van der Waals surface area contributed by atoms with Gasteiger partial charge in [0.15, 0.2) is 0 Å². The van der Waals surface area contributed by atoms with Gasteiger partial charge in [-0.25, -0.2) is 8.42 Å². The molecule has 0 aliphatic carbocycles. The highest BCUT2D eigenvalue weighted by Gasteiger charge is 2.13. The average molecular weight is 299 g/mol. The van der Waals surface area contributed by atoms with E-state index in [1.165, 1.54) is 13.0 Å². The predicted octanol–water partition coefficient (Wildman–Crippen LogP) is 0.521. The van der Waals surface area contributed by atoms with E-state index in [1.54, 1.807) is 25.1 Å². The van der Waals surface area contributed by atoms with Crippen LogP contribution in [0.4, 0.5) is 11.4 Å². The summed E-state index contributed by atoms with van der Waals surface area (Å²) in [6.45, 7) is 2.87. The van der Waals surface area contributed by atoms with Crippen LogP contribution in [0.2, 0.25) is 0 Å². The van der Waals surface area contributed by atoms with Gasteiger partial charge in [0.05, 0.1) is 11.9 Å². The topological polar surface area (TPSA) is 104 Å². The molecule has 1 rings (SSSR count). The Balaban J connectivity index is 2.76. The molecule has 0 aromatic heterocycles. The first-order valence-corrected chi connectivity index (χ1v) is 7.72. The summed E-state index contributed by atoms with van der Waals surface area (Å²) >= 11 is 0. The van der Waals surface area contributed by atoms with E-state index in [-0.39, 0.29) is 5.91 Å². The zero-order valence-corrected chi connectivity index (χ0v) is 12.2. The molecule has 0 aliphatic heterocycles. The lowest BCUT2D eigenvalue weighted by molar-refractivity contribution is -0.124. The molecule has 0 unspecified atom stereocenters. The zero-order chi connectivity index (χ0) is 15.3. The number of carbonyl (C=O) groups is 2. The van der Waals surface area contributed by atoms with Crippen LogP contribution in [0.3, 0.4) is 0 Å². The van der Waals surface area contributed by atoms with Crippen LogP contribution < -0.4 is 15.4 Å². The number of amides is 2. The standard InChI is InChI=1S/C12H17N3O4S/c1-8(13-9(2)16)12(17)14-10-5-4-6-11(7-10)15-20(3,18)19/h4-8,15H,1-3H3,(H,13,16)(H,14,17)/t8-/m1/s1. The third kappa shape index (κ3) is 5.70. The molecule has 1 atom stereocenters. The summed E-state index contributed by atoms with van der Waals surface area (Å²) in [6.07, 6.45) is 1.04. The van der Waals surface area contributed by atoms with Gasteiger partial charge in [-0.3, -0.25) is 14.3 Å². The quantitative estimate of drug-likeness (QED) is 0.737. The Hall–Kier alpha value is -2.09. The predicted molar refractivity (Wildman–Crippen MR) is 76.8 cm³/mol. The Morgan fingerprint density at radius 2 is 1.80 bits per heavy atom. The van der Waals surface area contributed by atoms with E-state index in [4.69, 9.17) is 0 Å². The van der Waals surface area contributed by atoms with Crippen LogP contribution in [-0.2, 0) is 19.6 Å². The number of benzene rings is 1. The van der Waals surface area contributed by atoms with Crippen LogP contribution in [0.15, 0.2) is 24.3 Å². The maximum absolute atomic E-state index is 11.8. The normalized spacial score (nSPS) is 12.3. The molecule has 1 aromatic rings. The second kappa shape index (κ2) is 6.38. The minimum Gasteiger partial charge on any atom is -0.345 e. The second-order valence-corrected chi connectivity index (χ2v) is 6.11. The van der Waals surface area contributed by atoms with Gasteiger partial charge in [-0.05, 0) is 25.1 Å². The second-order valence-electron chi connectivity index (χ2n) is 4.37. The van der Waals surface area contributed by atoms with Crippen molar-refractivity contribution in [1.29, 1.82) is 0 Å². The summed E-state index contributed by atoms with van der Waals surface area (Å²) in [5.41, 5.74) is 0.776. The van der Waals surface area contributed by atoms with Crippen molar-refractivity contribution in [3.05, 3.63) is 24.3 Å². The van der Waals surface area contributed by atoms with Crippen molar-refractivity contribution in [2.75, 3.05) is 16.3 Å². The highest BCUT2D eigenvalue weighted by Crippen LogP contribution is 2.16. The smallest absolute Gasteiger partial charge is 0.246 e. The summed E-state index contributed by atoms with van der Waals surface area (Å²) < 4.78 is 24.5. The fourth-order valence-corrected chi connectivity index (χ4v) is 2.05. The molecular weight excluding hydrogens is 282 g/mol. The summed E-state index contributed by atoms with van der Waals surface area (Å²) in [5, 5.41) is 5.04. The lowest BCUT2D eigenvalue weighted by Crippen LogP contribution is -2.40. The highest BCUT2D eigenvalue weighted by atomic mass is 32.2. The molecule has 0 fully saturated rings. The van der Waals surface area contributed by atoms with Gasteiger partial charge >= 0.3 is 0 Å². The largest absolute Gasteiger partial charge is 0.345 e. The molecular formula is C12H17N3O4S. The Morgan fingerprint density at radius 3 is 2.35 bits per heavy atom. The van der Waals surface area contributed by atoms with Crippen LogP contribution in [-0.4, -0.2) is 32.5 Å². The summed E-state index contributed by atoms with van der Waals surface area (Å²) in [4.78, 5) is 22.6. The molecule has 0 radical (unpaired) electrons. The molecule has 20 heavy (non-hydrogen) atoms. The van der Waals surface area contributed by atoms with E-state index in [2.05, 4.69) is 15.4 Å². The summed E-state index contributed by atoms with van der Waals surface area (Å²) in [6, 6.07) is 5.59. The van der Waals surface area contributed by atoms with Gasteiger partial charge in [0, 0.05) is 12.6 Å². The third-order valence-corrected chi connectivity index (χ3v) is 2.85. The van der Waals surface area contributed by atoms with Gasteiger partial charge in [-0.1, -0.05) is 6.07 Å². The highest BCUT2D eigenvalue weighted by molar-refractivity contribution is 7.92. The van der Waals surface area contributed by atoms with E-state index < -0.39 is 22.0 Å². The van der Waals surface area contributed by atoms with Gasteiger partial charge in [-0.2, -0.15) is 0 Å². The molecule has 2 amide bonds. The van der Waals surface area contributed by atoms with Crippen molar-refractivity contribution in [2.24, 2.45) is 0 Å². The van der Waals surface area contributed by atoms with Crippen LogP contribution >= 0.6 is 0 Å². The number of nitrogens with one attached hydrogen (secondary N) is 3. The first-order valence-electron chi connectivity index (χ1n) is 5.83. The average Bonchev–Trinajstić information content (AvgIpc) is 2.25. The summed E-state index contributed by atoms with van der Waals surface area (Å²) in [7, 11) is -3.37. The molecule has 0 saturated carbocycles. The van der Waals surface area contributed by atoms with Crippen LogP contribution in [0.25, 0.3) is 0 Å². The van der Waals surface area contributed by atoms with Crippen molar-refractivity contribution in [3.8, 4) is 0 Å². The molecule has 0 heterocycles. The fraction of sp³-hybridized carbons (Fsp3) is 0.333. The first-order chi connectivity index (χ1) is 9.17. The summed E-state index contributed by atoms with van der Waals surface area (Å²) in [5.74, 6) is -0.697. The van der Waals surface area contributed by atoms with Crippen molar-refractivity contribution >= 4 is 33.2 Å². The fourth-order valence-electron chi connectivity index (χ4n) is 1.50. The van der Waals surface area contributed by atoms with Crippen molar-refractivity contribution in [2.45, 2.75) is 19.9 Å². The molecule has 0 bridgehead atoms. The lowest BCUT2D eigenvalue weighted by Gasteiger charge is -2.13. The van der Waals surface area contributed by atoms with E-state index in [1.807, 2.05) is 0 Å². The van der Waals surface area contributed by atoms with Crippen LogP contribution in [0.1, 0.15) is 13.8 Å². The molecule has 0 aliphatic rings. The molecule has 8 heteroatoms. The Labute approximate surface area is 117 Å². The lowest BCUT2D eigenvalue weighted by atomic mass is 10.2. The van der Waals surface area contributed by atoms with E-state index >= 15 is 0 Å². The van der Waals surface area contributed by atoms with Crippen LogP contribution in [0, 0.1) is 0 Å². The number of sulfonamides is 1. The maximum Gasteiger partial charge on any atom is 0.246 e. The number of rotatable bonds is 5. The monoisotopic (exact) mass is 299 g/mol. The minimum absolute atomic E-state index is 0.305. The van der Waals surface area contributed by atoms with Gasteiger partial charge in [-0.15, -0.1) is 0 Å². The van der Waals surface area contributed by atoms with Gasteiger partial charge in [0.2, 0.25) is 21.8 Å².